The molecule has 3 aliphatic carbocycles. The summed E-state index contributed by atoms with van der Waals surface area (Å²) >= 11 is 0. The van der Waals surface area contributed by atoms with Crippen LogP contribution in [-0.4, -0.2) is 45.3 Å². The van der Waals surface area contributed by atoms with Gasteiger partial charge in [-0.2, -0.15) is 0 Å². The minimum atomic E-state index is -0.767. The van der Waals surface area contributed by atoms with Gasteiger partial charge in [-0.1, -0.05) is 6.92 Å². The summed E-state index contributed by atoms with van der Waals surface area (Å²) in [7, 11) is 0. The second-order valence-corrected chi connectivity index (χ2v) is 5.28. The van der Waals surface area contributed by atoms with Gasteiger partial charge in [0.15, 0.2) is 0 Å². The first-order valence-corrected chi connectivity index (χ1v) is 5.66. The molecule has 0 heterocycles. The maximum Gasteiger partial charge on any atom is 0.0652 e. The van der Waals surface area contributed by atoms with Crippen molar-refractivity contribution in [2.75, 3.05) is 6.61 Å². The van der Waals surface area contributed by atoms with Crippen LogP contribution in [0.1, 0.15) is 32.6 Å². The lowest BCUT2D eigenvalue weighted by Crippen LogP contribution is -2.66. The topological polar surface area (TPSA) is 80.9 Å². The van der Waals surface area contributed by atoms with Crippen LogP contribution in [0.25, 0.3) is 0 Å². The molecule has 88 valence electrons. The van der Waals surface area contributed by atoms with Crippen LogP contribution in [0.4, 0.5) is 0 Å². The van der Waals surface area contributed by atoms with Crippen LogP contribution in [0.2, 0.25) is 0 Å². The van der Waals surface area contributed by atoms with Crippen molar-refractivity contribution in [3.8, 4) is 0 Å². The van der Waals surface area contributed by atoms with E-state index in [-0.39, 0.29) is 6.61 Å². The molecule has 4 nitrogen and oxygen atoms in total. The summed E-state index contributed by atoms with van der Waals surface area (Å²) in [6, 6.07) is 0. The number of aliphatic hydroxyl groups is 4. The average Bonchev–Trinajstić information content (AvgIpc) is 2.17. The average molecular weight is 216 g/mol. The summed E-state index contributed by atoms with van der Waals surface area (Å²) in [6.45, 7) is 1.81. The van der Waals surface area contributed by atoms with Crippen LogP contribution in [0, 0.1) is 10.8 Å². The summed E-state index contributed by atoms with van der Waals surface area (Å²) in [5.74, 6) is 0. The van der Waals surface area contributed by atoms with Gasteiger partial charge in [0.1, 0.15) is 0 Å². The van der Waals surface area contributed by atoms with E-state index >= 15 is 0 Å². The number of hydrogen-bond donors (Lipinski definition) is 4. The second kappa shape index (κ2) is 3.42. The Morgan fingerprint density at radius 3 is 1.67 bits per heavy atom. The molecule has 3 fully saturated rings. The van der Waals surface area contributed by atoms with Gasteiger partial charge in [-0.05, 0) is 25.7 Å². The van der Waals surface area contributed by atoms with Crippen LogP contribution in [0.5, 0.6) is 0 Å². The minimum absolute atomic E-state index is 0.0715. The molecule has 3 aliphatic rings. The lowest BCUT2D eigenvalue weighted by Gasteiger charge is -2.60. The van der Waals surface area contributed by atoms with Crippen LogP contribution < -0.4 is 0 Å². The fourth-order valence-corrected chi connectivity index (χ4v) is 3.62. The highest BCUT2D eigenvalue weighted by Gasteiger charge is 2.62. The second-order valence-electron chi connectivity index (χ2n) is 5.28. The summed E-state index contributed by atoms with van der Waals surface area (Å²) in [5.41, 5.74) is -1.24. The molecule has 3 atom stereocenters. The summed E-state index contributed by atoms with van der Waals surface area (Å²) in [6.07, 6.45) is -0.0770. The Morgan fingerprint density at radius 1 is 1.00 bits per heavy atom. The lowest BCUT2D eigenvalue weighted by molar-refractivity contribution is -0.247. The maximum absolute atomic E-state index is 10.1. The van der Waals surface area contributed by atoms with Gasteiger partial charge in [-0.15, -0.1) is 0 Å². The molecule has 4 N–H and O–H groups in total. The molecule has 4 heteroatoms. The Balaban J connectivity index is 2.36. The number of aliphatic hydroxyl groups excluding tert-OH is 4. The molecular formula is C11H20O4. The molecule has 15 heavy (non-hydrogen) atoms. The molecule has 3 saturated carbocycles. The Labute approximate surface area is 89.6 Å². The molecule has 2 bridgehead atoms. The number of fused-ring (bicyclic) bond motifs is 3. The van der Waals surface area contributed by atoms with Crippen LogP contribution in [0.3, 0.4) is 0 Å². The van der Waals surface area contributed by atoms with E-state index in [0.29, 0.717) is 25.7 Å². The zero-order chi connectivity index (χ0) is 11.3. The normalized spacial score (nSPS) is 54.6. The van der Waals surface area contributed by atoms with Gasteiger partial charge < -0.3 is 20.4 Å². The summed E-state index contributed by atoms with van der Waals surface area (Å²) in [4.78, 5) is 0. The zero-order valence-corrected chi connectivity index (χ0v) is 9.06. The van der Waals surface area contributed by atoms with Crippen molar-refractivity contribution in [3.05, 3.63) is 0 Å². The van der Waals surface area contributed by atoms with Crippen molar-refractivity contribution >= 4 is 0 Å². The smallest absolute Gasteiger partial charge is 0.0652 e. The summed E-state index contributed by atoms with van der Waals surface area (Å²) < 4.78 is 0. The van der Waals surface area contributed by atoms with Crippen molar-refractivity contribution in [1.29, 1.82) is 0 Å². The van der Waals surface area contributed by atoms with Crippen molar-refractivity contribution < 1.29 is 20.4 Å². The van der Waals surface area contributed by atoms with E-state index in [1.54, 1.807) is 0 Å². The van der Waals surface area contributed by atoms with E-state index in [0.717, 1.165) is 0 Å². The molecule has 0 saturated heterocycles. The van der Waals surface area contributed by atoms with Crippen molar-refractivity contribution in [3.63, 3.8) is 0 Å². The number of rotatable bonds is 2. The van der Waals surface area contributed by atoms with Gasteiger partial charge >= 0.3 is 0 Å². The van der Waals surface area contributed by atoms with E-state index < -0.39 is 29.1 Å². The van der Waals surface area contributed by atoms with E-state index in [1.165, 1.54) is 0 Å². The van der Waals surface area contributed by atoms with Gasteiger partial charge in [0, 0.05) is 17.4 Å². The molecule has 0 spiro atoms. The monoisotopic (exact) mass is 216 g/mol. The Hall–Kier alpha value is -0.160. The molecule has 3 unspecified atom stereocenters. The maximum atomic E-state index is 10.1. The van der Waals surface area contributed by atoms with E-state index in [1.807, 2.05) is 6.92 Å². The fourth-order valence-electron chi connectivity index (χ4n) is 3.62. The number of hydrogen-bond acceptors (Lipinski definition) is 4. The Bertz CT molecular complexity index is 219. The first kappa shape index (κ1) is 11.3. The van der Waals surface area contributed by atoms with Gasteiger partial charge in [0.05, 0.1) is 18.3 Å². The first-order chi connectivity index (χ1) is 7.00. The highest BCUT2D eigenvalue weighted by Crippen LogP contribution is 2.58. The molecule has 3 rings (SSSR count). The molecule has 0 aromatic carbocycles. The van der Waals surface area contributed by atoms with Crippen molar-refractivity contribution in [2.45, 2.75) is 50.9 Å². The van der Waals surface area contributed by atoms with Crippen LogP contribution in [-0.2, 0) is 0 Å². The Kier molecular flexibility index (Phi) is 2.58. The molecule has 0 amide bonds. The predicted molar refractivity (Wildman–Crippen MR) is 54.1 cm³/mol. The van der Waals surface area contributed by atoms with Crippen LogP contribution in [0.15, 0.2) is 0 Å². The third-order valence-electron chi connectivity index (χ3n) is 4.69. The Morgan fingerprint density at radius 2 is 1.40 bits per heavy atom. The first-order valence-electron chi connectivity index (χ1n) is 5.66. The SMILES string of the molecule is CCC12C(O)CC(CO)(CC1O)CC2O. The molecule has 0 aliphatic heterocycles. The van der Waals surface area contributed by atoms with Gasteiger partial charge in [0.2, 0.25) is 0 Å². The van der Waals surface area contributed by atoms with Gasteiger partial charge in [-0.25, -0.2) is 0 Å². The quantitative estimate of drug-likeness (QED) is 0.508. The van der Waals surface area contributed by atoms with E-state index in [9.17, 15) is 20.4 Å². The molecule has 0 aromatic rings. The molecule has 0 aromatic heterocycles. The fraction of sp³-hybridized carbons (Fsp3) is 1.00. The zero-order valence-electron chi connectivity index (χ0n) is 9.06. The van der Waals surface area contributed by atoms with E-state index in [4.69, 9.17) is 0 Å². The highest BCUT2D eigenvalue weighted by molar-refractivity contribution is 5.12. The standard InChI is InChI=1S/C11H20O4/c1-2-11-7(13)3-10(6-12,4-8(11)14)5-9(11)15/h7-9,12-15H,2-6H2,1H3. The third-order valence-corrected chi connectivity index (χ3v) is 4.69. The van der Waals surface area contributed by atoms with Crippen molar-refractivity contribution in [1.82, 2.24) is 0 Å². The minimum Gasteiger partial charge on any atom is -0.396 e. The van der Waals surface area contributed by atoms with Gasteiger partial charge in [0.25, 0.3) is 0 Å². The molecular weight excluding hydrogens is 196 g/mol. The lowest BCUT2D eigenvalue weighted by atomic mass is 9.49. The van der Waals surface area contributed by atoms with Crippen molar-refractivity contribution in [2.24, 2.45) is 10.8 Å². The highest BCUT2D eigenvalue weighted by atomic mass is 16.3. The van der Waals surface area contributed by atoms with E-state index in [2.05, 4.69) is 0 Å². The molecule has 0 radical (unpaired) electrons. The van der Waals surface area contributed by atoms with Crippen LogP contribution >= 0.6 is 0 Å². The van der Waals surface area contributed by atoms with Gasteiger partial charge in [-0.3, -0.25) is 0 Å². The largest absolute Gasteiger partial charge is 0.396 e. The summed E-state index contributed by atoms with van der Waals surface area (Å²) in [5, 5.41) is 39.5. The predicted octanol–water partition coefficient (Wildman–Crippen LogP) is -0.358. The third kappa shape index (κ3) is 1.29.